The van der Waals surface area contributed by atoms with Crippen LogP contribution in [-0.4, -0.2) is 13.0 Å². The van der Waals surface area contributed by atoms with Gasteiger partial charge in [-0.25, -0.2) is 0 Å². The van der Waals surface area contributed by atoms with E-state index in [1.165, 1.54) is 11.3 Å². The summed E-state index contributed by atoms with van der Waals surface area (Å²) in [7, 11) is 1.63. The minimum atomic E-state index is 0.00771. The van der Waals surface area contributed by atoms with E-state index in [4.69, 9.17) is 5.26 Å². The highest BCUT2D eigenvalue weighted by molar-refractivity contribution is 7.12. The number of nitrogens with zero attached hydrogens (tertiary/aromatic N) is 1. The van der Waals surface area contributed by atoms with E-state index in [2.05, 4.69) is 16.7 Å². The van der Waals surface area contributed by atoms with Crippen molar-refractivity contribution >= 4 is 22.9 Å². The number of amides is 1. The van der Waals surface area contributed by atoms with Gasteiger partial charge in [-0.1, -0.05) is 12.1 Å². The van der Waals surface area contributed by atoms with Crippen LogP contribution in [-0.2, 0) is 17.8 Å². The summed E-state index contributed by atoms with van der Waals surface area (Å²) in [5.41, 5.74) is 1.98. The maximum absolute atomic E-state index is 11.3. The molecule has 1 heterocycles. The van der Waals surface area contributed by atoms with Crippen LogP contribution in [0.15, 0.2) is 36.4 Å². The molecule has 2 rings (SSSR count). The van der Waals surface area contributed by atoms with E-state index in [0.717, 1.165) is 21.0 Å². The fourth-order valence-corrected chi connectivity index (χ4v) is 2.48. The largest absolute Gasteiger partial charge is 0.380 e. The number of nitrogens with one attached hydrogen (secondary N) is 2. The molecular weight excluding hydrogens is 270 g/mol. The lowest BCUT2D eigenvalue weighted by Gasteiger charge is -2.06. The first-order chi connectivity index (χ1) is 9.71. The maximum Gasteiger partial charge on any atom is 0.224 e. The minimum Gasteiger partial charge on any atom is -0.380 e. The van der Waals surface area contributed by atoms with Crippen LogP contribution >= 0.6 is 11.3 Å². The number of likely N-dealkylation sites (N-methyl/N-ethyl adjacent to an activating group) is 1. The van der Waals surface area contributed by atoms with Gasteiger partial charge in [-0.2, -0.15) is 5.26 Å². The van der Waals surface area contributed by atoms with Crippen molar-refractivity contribution in [3.05, 3.63) is 51.7 Å². The van der Waals surface area contributed by atoms with Crippen LogP contribution in [0.3, 0.4) is 0 Å². The summed E-state index contributed by atoms with van der Waals surface area (Å²) in [5, 5.41) is 14.7. The van der Waals surface area contributed by atoms with Gasteiger partial charge in [0.2, 0.25) is 5.91 Å². The lowest BCUT2D eigenvalue weighted by atomic mass is 10.1. The number of hydrogen-bond donors (Lipinski definition) is 2. The maximum atomic E-state index is 11.3. The van der Waals surface area contributed by atoms with Crippen LogP contribution < -0.4 is 10.6 Å². The van der Waals surface area contributed by atoms with Gasteiger partial charge in [0.15, 0.2) is 0 Å². The number of hydrogen-bond acceptors (Lipinski definition) is 4. The van der Waals surface area contributed by atoms with Gasteiger partial charge < -0.3 is 10.6 Å². The second-order valence-electron chi connectivity index (χ2n) is 4.28. The Kier molecular flexibility index (Phi) is 4.75. The number of nitriles is 1. The molecule has 20 heavy (non-hydrogen) atoms. The molecule has 0 fully saturated rings. The fraction of sp³-hybridized carbons (Fsp3) is 0.200. The molecule has 0 aliphatic heterocycles. The van der Waals surface area contributed by atoms with Crippen LogP contribution in [0.1, 0.15) is 15.3 Å². The summed E-state index contributed by atoms with van der Waals surface area (Å²) in [4.78, 5) is 13.1. The van der Waals surface area contributed by atoms with E-state index >= 15 is 0 Å². The van der Waals surface area contributed by atoms with Gasteiger partial charge in [-0.15, -0.1) is 11.3 Å². The molecule has 5 heteroatoms. The van der Waals surface area contributed by atoms with Crippen molar-refractivity contribution in [1.82, 2.24) is 5.32 Å². The Morgan fingerprint density at radius 1 is 1.25 bits per heavy atom. The SMILES string of the molecule is CNC(=O)Cc1ccc(NCc2ccc(C#N)s2)cc1. The third-order valence-corrected chi connectivity index (χ3v) is 3.83. The molecular formula is C15H15N3OS. The van der Waals surface area contributed by atoms with Gasteiger partial charge in [0.25, 0.3) is 0 Å². The molecule has 1 aromatic carbocycles. The molecule has 2 N–H and O–H groups in total. The molecule has 0 radical (unpaired) electrons. The molecule has 102 valence electrons. The molecule has 1 amide bonds. The zero-order valence-electron chi connectivity index (χ0n) is 11.1. The van der Waals surface area contributed by atoms with Crippen molar-refractivity contribution in [3.63, 3.8) is 0 Å². The zero-order valence-corrected chi connectivity index (χ0v) is 12.0. The standard InChI is InChI=1S/C15H15N3OS/c1-17-15(19)8-11-2-4-12(5-3-11)18-10-14-7-6-13(9-16)20-14/h2-7,18H,8,10H2,1H3,(H,17,19). The van der Waals surface area contributed by atoms with Crippen molar-refractivity contribution in [3.8, 4) is 6.07 Å². The van der Waals surface area contributed by atoms with Crippen LogP contribution in [0.25, 0.3) is 0 Å². The highest BCUT2D eigenvalue weighted by Gasteiger charge is 2.02. The van der Waals surface area contributed by atoms with E-state index in [1.54, 1.807) is 7.05 Å². The van der Waals surface area contributed by atoms with Gasteiger partial charge in [0.05, 0.1) is 6.42 Å². The summed E-state index contributed by atoms with van der Waals surface area (Å²) in [5.74, 6) is 0.00771. The van der Waals surface area contributed by atoms with E-state index in [9.17, 15) is 4.79 Å². The van der Waals surface area contributed by atoms with Crippen LogP contribution in [0, 0.1) is 11.3 Å². The van der Waals surface area contributed by atoms with Gasteiger partial charge in [-0.05, 0) is 29.8 Å². The summed E-state index contributed by atoms with van der Waals surface area (Å²) in [6, 6.07) is 13.7. The van der Waals surface area contributed by atoms with Crippen LogP contribution in [0.4, 0.5) is 5.69 Å². The number of thiophene rings is 1. The third-order valence-electron chi connectivity index (χ3n) is 2.84. The Labute approximate surface area is 122 Å². The second kappa shape index (κ2) is 6.73. The van der Waals surface area contributed by atoms with Crippen molar-refractivity contribution in [1.29, 1.82) is 5.26 Å². The van der Waals surface area contributed by atoms with Crippen molar-refractivity contribution in [2.24, 2.45) is 0 Å². The third kappa shape index (κ3) is 3.84. The first kappa shape index (κ1) is 14.1. The number of carbonyl (C=O) groups is 1. The average molecular weight is 285 g/mol. The molecule has 0 saturated heterocycles. The van der Waals surface area contributed by atoms with E-state index in [0.29, 0.717) is 13.0 Å². The normalized spacial score (nSPS) is 9.80. The highest BCUT2D eigenvalue weighted by atomic mass is 32.1. The van der Waals surface area contributed by atoms with Crippen LogP contribution in [0.2, 0.25) is 0 Å². The van der Waals surface area contributed by atoms with Gasteiger partial charge in [-0.3, -0.25) is 4.79 Å². The predicted molar refractivity (Wildman–Crippen MR) is 80.6 cm³/mol. The lowest BCUT2D eigenvalue weighted by Crippen LogP contribution is -2.19. The van der Waals surface area contributed by atoms with Gasteiger partial charge >= 0.3 is 0 Å². The van der Waals surface area contributed by atoms with Crippen molar-refractivity contribution in [2.75, 3.05) is 12.4 Å². The fourth-order valence-electron chi connectivity index (χ4n) is 1.74. The van der Waals surface area contributed by atoms with E-state index in [1.807, 2.05) is 36.4 Å². The summed E-state index contributed by atoms with van der Waals surface area (Å²) in [6.07, 6.45) is 0.396. The quantitative estimate of drug-likeness (QED) is 0.887. The number of anilines is 1. The number of benzene rings is 1. The Hall–Kier alpha value is -2.32. The topological polar surface area (TPSA) is 64.9 Å². The highest BCUT2D eigenvalue weighted by Crippen LogP contribution is 2.17. The molecule has 4 nitrogen and oxygen atoms in total. The summed E-state index contributed by atoms with van der Waals surface area (Å²) < 4.78 is 0. The molecule has 0 bridgehead atoms. The zero-order chi connectivity index (χ0) is 14.4. The van der Waals surface area contributed by atoms with Crippen molar-refractivity contribution in [2.45, 2.75) is 13.0 Å². The van der Waals surface area contributed by atoms with E-state index in [-0.39, 0.29) is 5.91 Å². The smallest absolute Gasteiger partial charge is 0.224 e. The second-order valence-corrected chi connectivity index (χ2v) is 5.45. The first-order valence-electron chi connectivity index (χ1n) is 6.23. The average Bonchev–Trinajstić information content (AvgIpc) is 2.94. The van der Waals surface area contributed by atoms with Gasteiger partial charge in [0.1, 0.15) is 10.9 Å². The Morgan fingerprint density at radius 2 is 2.00 bits per heavy atom. The molecule has 0 atom stereocenters. The molecule has 0 spiro atoms. The predicted octanol–water partition coefficient (Wildman–Crippen LogP) is 2.52. The Balaban J connectivity index is 1.90. The van der Waals surface area contributed by atoms with Gasteiger partial charge in [0, 0.05) is 24.2 Å². The summed E-state index contributed by atoms with van der Waals surface area (Å²) in [6.45, 7) is 0.696. The lowest BCUT2D eigenvalue weighted by molar-refractivity contribution is -0.119. The molecule has 0 saturated carbocycles. The number of carbonyl (C=O) groups excluding carboxylic acids is 1. The molecule has 2 aromatic rings. The molecule has 0 aliphatic carbocycles. The molecule has 0 aliphatic rings. The van der Waals surface area contributed by atoms with Crippen molar-refractivity contribution < 1.29 is 4.79 Å². The summed E-state index contributed by atoms with van der Waals surface area (Å²) >= 11 is 1.49. The monoisotopic (exact) mass is 285 g/mol. The molecule has 1 aromatic heterocycles. The number of rotatable bonds is 5. The van der Waals surface area contributed by atoms with E-state index < -0.39 is 0 Å². The minimum absolute atomic E-state index is 0.00771. The first-order valence-corrected chi connectivity index (χ1v) is 7.05. The van der Waals surface area contributed by atoms with Crippen LogP contribution in [0.5, 0.6) is 0 Å². The molecule has 0 unspecified atom stereocenters. The Morgan fingerprint density at radius 3 is 2.60 bits per heavy atom. The Bertz CT molecular complexity index is 625.